The van der Waals surface area contributed by atoms with E-state index in [1.165, 1.54) is 0 Å². The van der Waals surface area contributed by atoms with Gasteiger partial charge in [-0.25, -0.2) is 0 Å². The van der Waals surface area contributed by atoms with Gasteiger partial charge in [0.05, 0.1) is 5.69 Å². The lowest BCUT2D eigenvalue weighted by Gasteiger charge is -1.99. The van der Waals surface area contributed by atoms with Crippen molar-refractivity contribution in [1.82, 2.24) is 0 Å². The smallest absolute Gasteiger partial charge is 0.216 e. The number of benzene rings is 1. The Morgan fingerprint density at radius 3 is 3.18 bits per heavy atom. The van der Waals surface area contributed by atoms with Gasteiger partial charge in [0.25, 0.3) is 0 Å². The van der Waals surface area contributed by atoms with E-state index in [-0.39, 0.29) is 5.56 Å². The summed E-state index contributed by atoms with van der Waals surface area (Å²) < 4.78 is 5.26. The van der Waals surface area contributed by atoms with Crippen molar-refractivity contribution in [3.63, 3.8) is 0 Å². The Hall–Kier alpha value is -0.540. The summed E-state index contributed by atoms with van der Waals surface area (Å²) in [5, 5.41) is 3.68. The zero-order chi connectivity index (χ0) is 7.84. The van der Waals surface area contributed by atoms with Crippen molar-refractivity contribution < 1.29 is 4.74 Å². The lowest BCUT2D eigenvalue weighted by molar-refractivity contribution is 0.343. The van der Waals surface area contributed by atoms with Gasteiger partial charge in [0.15, 0.2) is 0 Å². The van der Waals surface area contributed by atoms with Gasteiger partial charge < -0.3 is 10.1 Å². The van der Waals surface area contributed by atoms with Gasteiger partial charge in [-0.1, -0.05) is 11.6 Å². The number of halogens is 1. The highest BCUT2D eigenvalue weighted by Crippen LogP contribution is 2.34. The molecule has 11 heavy (non-hydrogen) atoms. The molecule has 0 radical (unpaired) electrons. The fraction of sp³-hybridized carbons (Fsp3) is 0.143. The Morgan fingerprint density at radius 2 is 2.36 bits per heavy atom. The molecule has 58 valence electrons. The molecular formula is C7H6ClNOS. The van der Waals surface area contributed by atoms with E-state index in [2.05, 4.69) is 17.9 Å². The van der Waals surface area contributed by atoms with E-state index in [9.17, 15) is 0 Å². The average molecular weight is 188 g/mol. The maximum Gasteiger partial charge on any atom is 0.216 e. The lowest BCUT2D eigenvalue weighted by atomic mass is 10.3. The summed E-state index contributed by atoms with van der Waals surface area (Å²) in [7, 11) is 0. The van der Waals surface area contributed by atoms with Crippen LogP contribution >= 0.6 is 24.2 Å². The first-order valence-corrected chi connectivity index (χ1v) is 4.06. The molecule has 0 saturated carbocycles. The highest BCUT2D eigenvalue weighted by Gasteiger charge is 2.17. The first kappa shape index (κ1) is 7.13. The second-order valence-corrected chi connectivity index (χ2v) is 3.16. The number of anilines is 1. The molecule has 1 aromatic rings. The van der Waals surface area contributed by atoms with Gasteiger partial charge in [0.1, 0.15) is 5.75 Å². The van der Waals surface area contributed by atoms with Crippen LogP contribution in [0.15, 0.2) is 18.2 Å². The van der Waals surface area contributed by atoms with Crippen LogP contribution < -0.4 is 10.1 Å². The Kier molecular flexibility index (Phi) is 1.62. The molecule has 0 spiro atoms. The molecule has 4 heteroatoms. The first-order valence-electron chi connectivity index (χ1n) is 3.16. The number of ether oxygens (including phenoxy) is 1. The molecule has 0 bridgehead atoms. The van der Waals surface area contributed by atoms with E-state index in [1.54, 1.807) is 6.07 Å². The van der Waals surface area contributed by atoms with E-state index in [4.69, 9.17) is 16.3 Å². The molecule has 2 rings (SSSR count). The van der Waals surface area contributed by atoms with Crippen molar-refractivity contribution in [2.24, 2.45) is 0 Å². The molecule has 0 amide bonds. The standard InChI is InChI=1S/C7H6ClNOS/c8-4-1-2-5-6(3-4)10-7(11)9-5/h1-3,7,9,11H. The van der Waals surface area contributed by atoms with Crippen molar-refractivity contribution in [2.45, 2.75) is 5.56 Å². The van der Waals surface area contributed by atoms with Crippen LogP contribution in [0.1, 0.15) is 0 Å². The molecule has 1 aromatic carbocycles. The third-order valence-corrected chi connectivity index (χ3v) is 1.93. The summed E-state index contributed by atoms with van der Waals surface area (Å²) in [6, 6.07) is 5.44. The van der Waals surface area contributed by atoms with Gasteiger partial charge in [-0.2, -0.15) is 0 Å². The number of hydrogen-bond donors (Lipinski definition) is 2. The molecule has 1 aliphatic rings. The summed E-state index contributed by atoms with van der Waals surface area (Å²) in [5.74, 6) is 0.762. The SMILES string of the molecule is SC1Nc2ccc(Cl)cc2O1. The summed E-state index contributed by atoms with van der Waals surface area (Å²) in [4.78, 5) is 0. The normalized spacial score (nSPS) is 20.4. The highest BCUT2D eigenvalue weighted by molar-refractivity contribution is 7.80. The van der Waals surface area contributed by atoms with E-state index in [1.807, 2.05) is 12.1 Å². The van der Waals surface area contributed by atoms with Gasteiger partial charge in [-0.3, -0.25) is 0 Å². The molecule has 0 saturated heterocycles. The minimum atomic E-state index is -0.247. The number of nitrogens with one attached hydrogen (secondary N) is 1. The molecule has 1 atom stereocenters. The third kappa shape index (κ3) is 1.26. The summed E-state index contributed by atoms with van der Waals surface area (Å²) in [5.41, 5.74) is 0.692. The largest absolute Gasteiger partial charge is 0.459 e. The molecule has 1 aliphatic heterocycles. The highest BCUT2D eigenvalue weighted by atomic mass is 35.5. The Morgan fingerprint density at radius 1 is 1.55 bits per heavy atom. The summed E-state index contributed by atoms with van der Waals surface area (Å²) in [6.07, 6.45) is 0. The third-order valence-electron chi connectivity index (χ3n) is 1.46. The lowest BCUT2D eigenvalue weighted by Crippen LogP contribution is -2.10. The van der Waals surface area contributed by atoms with Crippen LogP contribution in [0.2, 0.25) is 5.02 Å². The minimum Gasteiger partial charge on any atom is -0.459 e. The Labute approximate surface area is 74.9 Å². The van der Waals surface area contributed by atoms with Gasteiger partial charge >= 0.3 is 0 Å². The van der Waals surface area contributed by atoms with Crippen LogP contribution in [0, 0.1) is 0 Å². The van der Waals surface area contributed by atoms with Crippen molar-refractivity contribution in [3.05, 3.63) is 23.2 Å². The number of thiol groups is 1. The maximum atomic E-state index is 5.74. The van der Waals surface area contributed by atoms with Crippen LogP contribution in [-0.4, -0.2) is 5.56 Å². The molecular weight excluding hydrogens is 182 g/mol. The van der Waals surface area contributed by atoms with Crippen LogP contribution in [0.5, 0.6) is 5.75 Å². The topological polar surface area (TPSA) is 21.3 Å². The number of rotatable bonds is 0. The second kappa shape index (κ2) is 2.50. The van der Waals surface area contributed by atoms with Crippen LogP contribution in [0.3, 0.4) is 0 Å². The van der Waals surface area contributed by atoms with Gasteiger partial charge in [-0.15, -0.1) is 12.6 Å². The molecule has 0 fully saturated rings. The molecule has 1 N–H and O–H groups in total. The van der Waals surface area contributed by atoms with Gasteiger partial charge in [0.2, 0.25) is 5.56 Å². The van der Waals surface area contributed by atoms with Crippen LogP contribution in [-0.2, 0) is 0 Å². The minimum absolute atomic E-state index is 0.247. The van der Waals surface area contributed by atoms with E-state index >= 15 is 0 Å². The Balaban J connectivity index is 2.43. The predicted octanol–water partition coefficient (Wildman–Crippen LogP) is 2.36. The fourth-order valence-electron chi connectivity index (χ4n) is 0.996. The Bertz CT molecular complexity index is 292. The van der Waals surface area contributed by atoms with Crippen LogP contribution in [0.25, 0.3) is 0 Å². The monoisotopic (exact) mass is 187 g/mol. The molecule has 0 aliphatic carbocycles. The van der Waals surface area contributed by atoms with Gasteiger partial charge in [0, 0.05) is 11.1 Å². The fourth-order valence-corrected chi connectivity index (χ4v) is 1.41. The zero-order valence-electron chi connectivity index (χ0n) is 5.54. The number of fused-ring (bicyclic) bond motifs is 1. The van der Waals surface area contributed by atoms with Crippen molar-refractivity contribution in [2.75, 3.05) is 5.32 Å². The maximum absolute atomic E-state index is 5.74. The van der Waals surface area contributed by atoms with Crippen molar-refractivity contribution in [1.29, 1.82) is 0 Å². The van der Waals surface area contributed by atoms with Gasteiger partial charge in [-0.05, 0) is 12.1 Å². The summed E-state index contributed by atoms with van der Waals surface area (Å²) in [6.45, 7) is 0. The molecule has 1 unspecified atom stereocenters. The quantitative estimate of drug-likeness (QED) is 0.609. The molecule has 0 aromatic heterocycles. The molecule has 2 nitrogen and oxygen atoms in total. The first-order chi connectivity index (χ1) is 5.25. The average Bonchev–Trinajstić information content (AvgIpc) is 2.27. The second-order valence-electron chi connectivity index (χ2n) is 2.26. The van der Waals surface area contributed by atoms with Crippen LogP contribution in [0.4, 0.5) is 5.69 Å². The zero-order valence-corrected chi connectivity index (χ0v) is 7.19. The number of hydrogen-bond acceptors (Lipinski definition) is 3. The van der Waals surface area contributed by atoms with E-state index < -0.39 is 0 Å². The summed E-state index contributed by atoms with van der Waals surface area (Å²) >= 11 is 9.83. The van der Waals surface area contributed by atoms with E-state index in [0.717, 1.165) is 11.4 Å². The van der Waals surface area contributed by atoms with Crippen molar-refractivity contribution in [3.8, 4) is 5.75 Å². The molecule has 1 heterocycles. The predicted molar refractivity (Wildman–Crippen MR) is 48.5 cm³/mol. The van der Waals surface area contributed by atoms with Crippen molar-refractivity contribution >= 4 is 29.9 Å². The van der Waals surface area contributed by atoms with E-state index in [0.29, 0.717) is 5.02 Å².